The molecule has 0 radical (unpaired) electrons. The highest BCUT2D eigenvalue weighted by Gasteiger charge is 2.32. The Morgan fingerprint density at radius 2 is 2.25 bits per heavy atom. The van der Waals surface area contributed by atoms with Gasteiger partial charge in [-0.3, -0.25) is 14.5 Å². The largest absolute Gasteiger partial charge is 0.371 e. The average Bonchev–Trinajstić information content (AvgIpc) is 3.06. The van der Waals surface area contributed by atoms with Gasteiger partial charge in [0.2, 0.25) is 0 Å². The first-order valence-corrected chi connectivity index (χ1v) is 8.56. The van der Waals surface area contributed by atoms with Crippen LogP contribution in [0.5, 0.6) is 0 Å². The lowest BCUT2D eigenvalue weighted by molar-refractivity contribution is 0.0821. The molecule has 126 valence electrons. The summed E-state index contributed by atoms with van der Waals surface area (Å²) in [6.45, 7) is 3.53. The van der Waals surface area contributed by atoms with Gasteiger partial charge in [0.05, 0.1) is 12.2 Å². The van der Waals surface area contributed by atoms with Crippen molar-refractivity contribution in [3.8, 4) is 0 Å². The Hall–Kier alpha value is -2.21. The van der Waals surface area contributed by atoms with Crippen molar-refractivity contribution in [3.05, 3.63) is 47.5 Å². The number of amides is 1. The fourth-order valence-corrected chi connectivity index (χ4v) is 3.23. The first-order valence-electron chi connectivity index (χ1n) is 8.56. The van der Waals surface area contributed by atoms with Gasteiger partial charge in [-0.25, -0.2) is 0 Å². The first-order chi connectivity index (χ1) is 11.7. The van der Waals surface area contributed by atoms with Gasteiger partial charge >= 0.3 is 0 Å². The molecule has 1 aliphatic carbocycles. The van der Waals surface area contributed by atoms with Crippen molar-refractivity contribution in [2.24, 2.45) is 5.92 Å². The summed E-state index contributed by atoms with van der Waals surface area (Å²) in [6, 6.07) is 1.73. The molecule has 1 aliphatic heterocycles. The van der Waals surface area contributed by atoms with Gasteiger partial charge in [-0.05, 0) is 43.7 Å². The van der Waals surface area contributed by atoms with Crippen molar-refractivity contribution in [1.29, 1.82) is 0 Å². The summed E-state index contributed by atoms with van der Waals surface area (Å²) in [4.78, 5) is 16.6. The van der Waals surface area contributed by atoms with Gasteiger partial charge < -0.3 is 10.1 Å². The van der Waals surface area contributed by atoms with E-state index in [0.29, 0.717) is 12.2 Å². The molecule has 1 saturated carbocycles. The van der Waals surface area contributed by atoms with Crippen LogP contribution < -0.4 is 5.32 Å². The molecule has 6 nitrogen and oxygen atoms in total. The van der Waals surface area contributed by atoms with Crippen LogP contribution in [0.1, 0.15) is 46.9 Å². The van der Waals surface area contributed by atoms with E-state index in [9.17, 15) is 4.79 Å². The highest BCUT2D eigenvalue weighted by atomic mass is 16.5. The number of nitrogens with zero attached hydrogens (tertiary/aromatic N) is 3. The van der Waals surface area contributed by atoms with Crippen molar-refractivity contribution in [2.75, 3.05) is 6.61 Å². The molecule has 6 heteroatoms. The number of nitrogens with one attached hydrogen (secondary N) is 1. The van der Waals surface area contributed by atoms with Gasteiger partial charge in [0, 0.05) is 42.9 Å². The Morgan fingerprint density at radius 1 is 1.38 bits per heavy atom. The first kappa shape index (κ1) is 15.3. The quantitative estimate of drug-likeness (QED) is 0.915. The summed E-state index contributed by atoms with van der Waals surface area (Å²) >= 11 is 0. The van der Waals surface area contributed by atoms with Crippen LogP contribution in [-0.2, 0) is 11.3 Å². The molecular weight excluding hydrogens is 304 g/mol. The van der Waals surface area contributed by atoms with Crippen LogP contribution in [-0.4, -0.2) is 33.3 Å². The van der Waals surface area contributed by atoms with Crippen molar-refractivity contribution in [3.63, 3.8) is 0 Å². The number of rotatable bonds is 5. The van der Waals surface area contributed by atoms with Crippen LogP contribution in [0, 0.1) is 12.8 Å². The Balaban J connectivity index is 1.45. The summed E-state index contributed by atoms with van der Waals surface area (Å²) in [5.41, 5.74) is 2.59. The average molecular weight is 326 g/mol. The third-order valence-corrected chi connectivity index (χ3v) is 4.80. The minimum atomic E-state index is -0.121. The molecule has 2 atom stereocenters. The second-order valence-electron chi connectivity index (χ2n) is 6.79. The zero-order chi connectivity index (χ0) is 16.5. The molecule has 0 aromatic carbocycles. The van der Waals surface area contributed by atoms with E-state index in [1.54, 1.807) is 18.5 Å². The number of carbonyl (C=O) groups is 1. The van der Waals surface area contributed by atoms with Gasteiger partial charge in [-0.2, -0.15) is 5.10 Å². The van der Waals surface area contributed by atoms with Crippen molar-refractivity contribution in [1.82, 2.24) is 20.1 Å². The molecule has 3 heterocycles. The molecule has 1 N–H and O–H groups in total. The van der Waals surface area contributed by atoms with E-state index in [2.05, 4.69) is 21.6 Å². The molecule has 2 aromatic heterocycles. The Morgan fingerprint density at radius 3 is 3.04 bits per heavy atom. The van der Waals surface area contributed by atoms with E-state index < -0.39 is 0 Å². The molecule has 1 amide bonds. The number of aromatic nitrogens is 3. The van der Waals surface area contributed by atoms with Crippen LogP contribution >= 0.6 is 0 Å². The number of aryl methyl sites for hydroxylation is 1. The van der Waals surface area contributed by atoms with Crippen LogP contribution in [0.25, 0.3) is 0 Å². The SMILES string of the molecule is Cc1cnccc1C(=O)N[C@H]1CCO[C@@H]1c1cnn(CC2CC2)c1. The molecule has 2 fully saturated rings. The maximum absolute atomic E-state index is 12.5. The lowest BCUT2D eigenvalue weighted by atomic mass is 10.0. The second kappa shape index (κ2) is 6.36. The van der Waals surface area contributed by atoms with Gasteiger partial charge in [0.25, 0.3) is 5.91 Å². The standard InChI is InChI=1S/C18H22N4O2/c1-12-8-19-6-4-15(12)18(23)21-16-5-7-24-17(16)14-9-20-22(11-14)10-13-2-3-13/h4,6,8-9,11,13,16-17H,2-3,5,7,10H2,1H3,(H,21,23)/t16-,17+/m0/s1. The van der Waals surface area contributed by atoms with E-state index in [0.717, 1.165) is 30.0 Å². The smallest absolute Gasteiger partial charge is 0.251 e. The van der Waals surface area contributed by atoms with Gasteiger partial charge in [-0.15, -0.1) is 0 Å². The molecule has 0 bridgehead atoms. The van der Waals surface area contributed by atoms with Gasteiger partial charge in [0.1, 0.15) is 6.10 Å². The van der Waals surface area contributed by atoms with E-state index in [4.69, 9.17) is 4.74 Å². The fourth-order valence-electron chi connectivity index (χ4n) is 3.23. The molecule has 24 heavy (non-hydrogen) atoms. The van der Waals surface area contributed by atoms with Crippen molar-refractivity contribution in [2.45, 2.75) is 44.9 Å². The predicted molar refractivity (Wildman–Crippen MR) is 88.5 cm³/mol. The molecular formula is C18H22N4O2. The molecule has 4 rings (SSSR count). The fraction of sp³-hybridized carbons (Fsp3) is 0.500. The molecule has 2 aliphatic rings. The normalized spacial score (nSPS) is 23.4. The van der Waals surface area contributed by atoms with Crippen LogP contribution in [0.15, 0.2) is 30.9 Å². The van der Waals surface area contributed by atoms with Gasteiger partial charge in [0.15, 0.2) is 0 Å². The van der Waals surface area contributed by atoms with E-state index in [1.165, 1.54) is 12.8 Å². The zero-order valence-corrected chi connectivity index (χ0v) is 13.8. The maximum Gasteiger partial charge on any atom is 0.251 e. The summed E-state index contributed by atoms with van der Waals surface area (Å²) in [6.07, 6.45) is 10.6. The molecule has 1 saturated heterocycles. The Bertz CT molecular complexity index is 738. The van der Waals surface area contributed by atoms with E-state index in [1.807, 2.05) is 17.8 Å². The second-order valence-corrected chi connectivity index (χ2v) is 6.79. The number of carbonyl (C=O) groups excluding carboxylic acids is 1. The summed E-state index contributed by atoms with van der Waals surface area (Å²) in [5, 5.41) is 7.56. The van der Waals surface area contributed by atoms with Crippen LogP contribution in [0.4, 0.5) is 0 Å². The third-order valence-electron chi connectivity index (χ3n) is 4.80. The minimum absolute atomic E-state index is 0.0244. The Kier molecular flexibility index (Phi) is 4.06. The highest BCUT2D eigenvalue weighted by molar-refractivity contribution is 5.95. The van der Waals surface area contributed by atoms with Gasteiger partial charge in [-0.1, -0.05) is 0 Å². The Labute approximate surface area is 141 Å². The molecule has 2 aromatic rings. The molecule has 0 spiro atoms. The maximum atomic E-state index is 12.5. The number of hydrogen-bond acceptors (Lipinski definition) is 4. The lowest BCUT2D eigenvalue weighted by Crippen LogP contribution is -2.37. The minimum Gasteiger partial charge on any atom is -0.371 e. The number of hydrogen-bond donors (Lipinski definition) is 1. The van der Waals surface area contributed by atoms with Crippen LogP contribution in [0.2, 0.25) is 0 Å². The van der Waals surface area contributed by atoms with Crippen molar-refractivity contribution >= 4 is 5.91 Å². The summed E-state index contributed by atoms with van der Waals surface area (Å²) in [7, 11) is 0. The van der Waals surface area contributed by atoms with E-state index >= 15 is 0 Å². The van der Waals surface area contributed by atoms with Crippen molar-refractivity contribution < 1.29 is 9.53 Å². The predicted octanol–water partition coefficient (Wildman–Crippen LogP) is 2.26. The highest BCUT2D eigenvalue weighted by Crippen LogP contribution is 2.32. The lowest BCUT2D eigenvalue weighted by Gasteiger charge is -2.19. The summed E-state index contributed by atoms with van der Waals surface area (Å²) < 4.78 is 7.87. The van der Waals surface area contributed by atoms with E-state index in [-0.39, 0.29) is 18.1 Å². The van der Waals surface area contributed by atoms with Crippen LogP contribution in [0.3, 0.4) is 0 Å². The topological polar surface area (TPSA) is 69.0 Å². The molecule has 0 unspecified atom stereocenters. The summed E-state index contributed by atoms with van der Waals surface area (Å²) in [5.74, 6) is 0.716. The zero-order valence-electron chi connectivity index (χ0n) is 13.8. The third kappa shape index (κ3) is 3.19. The number of pyridine rings is 1. The number of ether oxygens (including phenoxy) is 1. The monoisotopic (exact) mass is 326 g/mol.